The second-order valence-electron chi connectivity index (χ2n) is 4.23. The van der Waals surface area contributed by atoms with Crippen molar-refractivity contribution in [3.05, 3.63) is 12.4 Å². The van der Waals surface area contributed by atoms with Crippen LogP contribution < -0.4 is 10.6 Å². The van der Waals surface area contributed by atoms with Crippen LogP contribution in [0.3, 0.4) is 0 Å². The van der Waals surface area contributed by atoms with Gasteiger partial charge in [-0.2, -0.15) is 4.52 Å². The fourth-order valence-corrected chi connectivity index (χ4v) is 1.99. The van der Waals surface area contributed by atoms with E-state index in [1.165, 1.54) is 4.52 Å². The van der Waals surface area contributed by atoms with Gasteiger partial charge in [-0.1, -0.05) is 0 Å². The molecule has 9 heteroatoms. The van der Waals surface area contributed by atoms with E-state index < -0.39 is 0 Å². The Morgan fingerprint density at radius 1 is 1.37 bits per heavy atom. The van der Waals surface area contributed by atoms with Crippen molar-refractivity contribution in [3.8, 4) is 0 Å². The first-order valence-corrected chi connectivity index (χ1v) is 6.09. The van der Waals surface area contributed by atoms with Crippen LogP contribution in [-0.4, -0.2) is 68.6 Å². The average molecular weight is 262 g/mol. The molecule has 2 N–H and O–H groups in total. The van der Waals surface area contributed by atoms with Crippen LogP contribution in [0.5, 0.6) is 0 Å². The van der Waals surface area contributed by atoms with Gasteiger partial charge in [0.05, 0.1) is 18.9 Å². The van der Waals surface area contributed by atoms with E-state index in [0.29, 0.717) is 11.5 Å². The predicted molar refractivity (Wildman–Crippen MR) is 66.5 cm³/mol. The van der Waals surface area contributed by atoms with Crippen LogP contribution in [-0.2, 0) is 4.79 Å². The van der Waals surface area contributed by atoms with Gasteiger partial charge in [0.25, 0.3) is 0 Å². The van der Waals surface area contributed by atoms with E-state index in [9.17, 15) is 4.79 Å². The Bertz CT molecular complexity index is 576. The molecule has 0 bridgehead atoms. The van der Waals surface area contributed by atoms with Gasteiger partial charge < -0.3 is 15.5 Å². The zero-order valence-corrected chi connectivity index (χ0v) is 10.3. The molecule has 2 aromatic rings. The van der Waals surface area contributed by atoms with Crippen LogP contribution in [0.1, 0.15) is 0 Å². The second-order valence-corrected chi connectivity index (χ2v) is 4.23. The van der Waals surface area contributed by atoms with E-state index in [4.69, 9.17) is 0 Å². The Hall–Kier alpha value is -2.29. The van der Waals surface area contributed by atoms with Crippen LogP contribution in [0.4, 0.5) is 5.82 Å². The van der Waals surface area contributed by atoms with Gasteiger partial charge in [0.1, 0.15) is 0 Å². The fraction of sp³-hybridized carbons (Fsp3) is 0.500. The zero-order chi connectivity index (χ0) is 13.1. The van der Waals surface area contributed by atoms with Crippen molar-refractivity contribution < 1.29 is 4.79 Å². The number of nitrogens with one attached hydrogen (secondary N) is 2. The van der Waals surface area contributed by atoms with Gasteiger partial charge in [0.2, 0.25) is 5.91 Å². The number of fused-ring (bicyclic) bond motifs is 1. The van der Waals surface area contributed by atoms with Crippen molar-refractivity contribution in [1.29, 1.82) is 0 Å². The van der Waals surface area contributed by atoms with Crippen molar-refractivity contribution in [2.24, 2.45) is 0 Å². The number of carbonyl (C=O) groups is 1. The molecule has 0 aliphatic carbocycles. The molecule has 19 heavy (non-hydrogen) atoms. The highest BCUT2D eigenvalue weighted by Crippen LogP contribution is 2.05. The highest BCUT2D eigenvalue weighted by atomic mass is 16.2. The van der Waals surface area contributed by atoms with E-state index in [1.54, 1.807) is 12.4 Å². The highest BCUT2D eigenvalue weighted by molar-refractivity contribution is 5.80. The lowest BCUT2D eigenvalue weighted by Crippen LogP contribution is -2.48. The lowest BCUT2D eigenvalue weighted by molar-refractivity contribution is -0.129. The third kappa shape index (κ3) is 2.45. The van der Waals surface area contributed by atoms with Crippen molar-refractivity contribution in [2.75, 3.05) is 38.0 Å². The summed E-state index contributed by atoms with van der Waals surface area (Å²) < 4.78 is 1.51. The van der Waals surface area contributed by atoms with E-state index >= 15 is 0 Å². The number of tetrazole rings is 1. The van der Waals surface area contributed by atoms with Gasteiger partial charge in [0.15, 0.2) is 11.5 Å². The number of carbonyl (C=O) groups excluding carboxylic acids is 1. The van der Waals surface area contributed by atoms with Gasteiger partial charge in [-0.25, -0.2) is 0 Å². The van der Waals surface area contributed by atoms with Gasteiger partial charge in [-0.3, -0.25) is 9.78 Å². The van der Waals surface area contributed by atoms with E-state index in [-0.39, 0.29) is 12.5 Å². The van der Waals surface area contributed by atoms with Crippen LogP contribution >= 0.6 is 0 Å². The molecule has 3 heterocycles. The molecule has 0 atom stereocenters. The molecular formula is C10H14N8O. The highest BCUT2D eigenvalue weighted by Gasteiger charge is 2.16. The van der Waals surface area contributed by atoms with Crippen molar-refractivity contribution in [3.63, 3.8) is 0 Å². The first-order valence-electron chi connectivity index (χ1n) is 6.09. The topological polar surface area (TPSA) is 100 Å². The molecule has 1 aliphatic heterocycles. The number of anilines is 1. The van der Waals surface area contributed by atoms with Gasteiger partial charge in [-0.05, 0) is 10.4 Å². The molecule has 2 aromatic heterocycles. The lowest BCUT2D eigenvalue weighted by atomic mass is 10.3. The SMILES string of the molecule is O=C(CNc1cncc2nnnn12)N1CCNCC1. The minimum absolute atomic E-state index is 0.0616. The monoisotopic (exact) mass is 262 g/mol. The summed E-state index contributed by atoms with van der Waals surface area (Å²) in [4.78, 5) is 17.8. The summed E-state index contributed by atoms with van der Waals surface area (Å²) in [5.74, 6) is 0.664. The summed E-state index contributed by atoms with van der Waals surface area (Å²) in [7, 11) is 0. The third-order valence-corrected chi connectivity index (χ3v) is 3.00. The summed E-state index contributed by atoms with van der Waals surface area (Å²) in [6, 6.07) is 0. The van der Waals surface area contributed by atoms with E-state index in [0.717, 1.165) is 26.2 Å². The maximum Gasteiger partial charge on any atom is 0.242 e. The largest absolute Gasteiger partial charge is 0.360 e. The Balaban J connectivity index is 1.65. The van der Waals surface area contributed by atoms with Crippen molar-refractivity contribution in [2.45, 2.75) is 0 Å². The second kappa shape index (κ2) is 5.14. The number of piperazine rings is 1. The molecule has 0 aromatic carbocycles. The summed E-state index contributed by atoms with van der Waals surface area (Å²) in [6.45, 7) is 3.38. The zero-order valence-electron chi connectivity index (χ0n) is 10.3. The molecule has 1 amide bonds. The summed E-state index contributed by atoms with van der Waals surface area (Å²) in [6.07, 6.45) is 3.15. The Morgan fingerprint density at radius 2 is 2.21 bits per heavy atom. The summed E-state index contributed by atoms with van der Waals surface area (Å²) >= 11 is 0. The minimum atomic E-state index is 0.0616. The molecule has 0 radical (unpaired) electrons. The molecule has 3 rings (SSSR count). The van der Waals surface area contributed by atoms with Crippen LogP contribution in [0.15, 0.2) is 12.4 Å². The Morgan fingerprint density at radius 3 is 3.05 bits per heavy atom. The van der Waals surface area contributed by atoms with E-state index in [1.807, 2.05) is 4.90 Å². The first-order chi connectivity index (χ1) is 9.34. The molecule has 1 fully saturated rings. The lowest BCUT2D eigenvalue weighted by Gasteiger charge is -2.27. The number of hydrogen-bond donors (Lipinski definition) is 2. The van der Waals surface area contributed by atoms with Crippen molar-refractivity contribution in [1.82, 2.24) is 35.2 Å². The predicted octanol–water partition coefficient (Wildman–Crippen LogP) is -1.64. The number of nitrogens with zero attached hydrogens (tertiary/aromatic N) is 6. The molecule has 1 saturated heterocycles. The first kappa shape index (κ1) is 11.8. The number of hydrogen-bond acceptors (Lipinski definition) is 7. The fourth-order valence-electron chi connectivity index (χ4n) is 1.99. The standard InChI is InChI=1S/C10H14N8O/c19-10(17-3-1-11-2-4-17)7-13-8-5-12-6-9-14-15-16-18(8)9/h5-6,11,13H,1-4,7H2. The molecular weight excluding hydrogens is 248 g/mol. The number of aromatic nitrogens is 5. The number of amides is 1. The maximum atomic E-state index is 12.0. The third-order valence-electron chi connectivity index (χ3n) is 3.00. The smallest absolute Gasteiger partial charge is 0.242 e. The Kier molecular flexibility index (Phi) is 3.19. The van der Waals surface area contributed by atoms with E-state index in [2.05, 4.69) is 31.1 Å². The molecule has 0 unspecified atom stereocenters. The number of rotatable bonds is 3. The minimum Gasteiger partial charge on any atom is -0.360 e. The molecule has 0 saturated carbocycles. The van der Waals surface area contributed by atoms with Crippen LogP contribution in [0, 0.1) is 0 Å². The molecule has 1 aliphatic rings. The molecule has 100 valence electrons. The van der Waals surface area contributed by atoms with Crippen molar-refractivity contribution >= 4 is 17.4 Å². The summed E-state index contributed by atoms with van der Waals surface area (Å²) in [5, 5.41) is 17.4. The molecule has 0 spiro atoms. The van der Waals surface area contributed by atoms with Gasteiger partial charge in [0, 0.05) is 26.2 Å². The Labute approximate surface area is 109 Å². The normalized spacial score (nSPS) is 15.7. The van der Waals surface area contributed by atoms with Crippen LogP contribution in [0.25, 0.3) is 5.65 Å². The average Bonchev–Trinajstić information content (AvgIpc) is 2.94. The maximum absolute atomic E-state index is 12.0. The van der Waals surface area contributed by atoms with Gasteiger partial charge in [-0.15, -0.1) is 5.10 Å². The quantitative estimate of drug-likeness (QED) is 0.684. The van der Waals surface area contributed by atoms with Crippen LogP contribution in [0.2, 0.25) is 0 Å². The summed E-state index contributed by atoms with van der Waals surface area (Å²) in [5.41, 5.74) is 0.541. The van der Waals surface area contributed by atoms with Gasteiger partial charge >= 0.3 is 0 Å². The molecule has 9 nitrogen and oxygen atoms in total.